The summed E-state index contributed by atoms with van der Waals surface area (Å²) in [6.45, 7) is 0.610. The van der Waals surface area contributed by atoms with Crippen molar-refractivity contribution >= 4 is 39.9 Å². The Kier molecular flexibility index (Phi) is 7.03. The van der Waals surface area contributed by atoms with Crippen molar-refractivity contribution in [3.8, 4) is 0 Å². The lowest BCUT2D eigenvalue weighted by Gasteiger charge is -2.18. The SMILES string of the molecule is CC(=O)N(c1nc(COC(=O)CNC(=O)c2ccccc2F)cs1)c1ccccc1F. The van der Waals surface area contributed by atoms with Gasteiger partial charge in [-0.2, -0.15) is 0 Å². The maximum Gasteiger partial charge on any atom is 0.325 e. The van der Waals surface area contributed by atoms with Gasteiger partial charge in [-0.25, -0.2) is 13.8 Å². The molecule has 0 bridgehead atoms. The number of esters is 1. The Bertz CT molecular complexity index is 1120. The highest BCUT2D eigenvalue weighted by Crippen LogP contribution is 2.30. The van der Waals surface area contributed by atoms with Crippen LogP contribution in [0.2, 0.25) is 0 Å². The molecule has 1 N–H and O–H groups in total. The molecule has 1 aromatic heterocycles. The van der Waals surface area contributed by atoms with Crippen LogP contribution in [0.3, 0.4) is 0 Å². The molecule has 0 spiro atoms. The second kappa shape index (κ2) is 9.90. The number of hydrogen-bond acceptors (Lipinski definition) is 6. The highest BCUT2D eigenvalue weighted by molar-refractivity contribution is 7.14. The Labute approximate surface area is 180 Å². The topological polar surface area (TPSA) is 88.6 Å². The van der Waals surface area contributed by atoms with Crippen LogP contribution in [-0.2, 0) is 20.9 Å². The molecule has 2 aromatic carbocycles. The Balaban J connectivity index is 1.58. The van der Waals surface area contributed by atoms with Crippen molar-refractivity contribution in [3.05, 3.63) is 76.8 Å². The van der Waals surface area contributed by atoms with Crippen LogP contribution in [0.5, 0.6) is 0 Å². The fourth-order valence-corrected chi connectivity index (χ4v) is 3.47. The van der Waals surface area contributed by atoms with Crippen LogP contribution >= 0.6 is 11.3 Å². The number of benzene rings is 2. The molecule has 10 heteroatoms. The van der Waals surface area contributed by atoms with Gasteiger partial charge in [0.2, 0.25) is 5.91 Å². The maximum atomic E-state index is 14.1. The van der Waals surface area contributed by atoms with E-state index in [1.54, 1.807) is 11.4 Å². The van der Waals surface area contributed by atoms with Crippen LogP contribution in [0.15, 0.2) is 53.9 Å². The fourth-order valence-electron chi connectivity index (χ4n) is 2.60. The number of halogens is 2. The summed E-state index contributed by atoms with van der Waals surface area (Å²) in [5.41, 5.74) is 0.219. The molecule has 0 aliphatic rings. The van der Waals surface area contributed by atoms with Gasteiger partial charge in [-0.3, -0.25) is 19.3 Å². The van der Waals surface area contributed by atoms with Gasteiger partial charge in [0.25, 0.3) is 5.91 Å². The third-order valence-electron chi connectivity index (χ3n) is 4.03. The average molecular weight is 445 g/mol. The van der Waals surface area contributed by atoms with E-state index in [4.69, 9.17) is 4.74 Å². The Morgan fingerprint density at radius 1 is 1.06 bits per heavy atom. The first kappa shape index (κ1) is 22.0. The van der Waals surface area contributed by atoms with Crippen LogP contribution in [-0.4, -0.2) is 29.3 Å². The number of thiazole rings is 1. The summed E-state index contributed by atoms with van der Waals surface area (Å²) in [7, 11) is 0. The number of para-hydroxylation sites is 1. The van der Waals surface area contributed by atoms with E-state index in [0.29, 0.717) is 5.69 Å². The van der Waals surface area contributed by atoms with E-state index in [1.165, 1.54) is 43.3 Å². The first-order valence-corrected chi connectivity index (χ1v) is 9.92. The monoisotopic (exact) mass is 445 g/mol. The molecular weight excluding hydrogens is 428 g/mol. The Morgan fingerprint density at radius 2 is 1.74 bits per heavy atom. The van der Waals surface area contributed by atoms with Gasteiger partial charge in [0, 0.05) is 12.3 Å². The summed E-state index contributed by atoms with van der Waals surface area (Å²) in [5, 5.41) is 4.06. The summed E-state index contributed by atoms with van der Waals surface area (Å²) < 4.78 is 32.7. The number of ether oxygens (including phenoxy) is 1. The minimum atomic E-state index is -0.753. The molecule has 0 unspecified atom stereocenters. The molecule has 0 aliphatic carbocycles. The van der Waals surface area contributed by atoms with E-state index < -0.39 is 36.0 Å². The largest absolute Gasteiger partial charge is 0.458 e. The molecule has 1 heterocycles. The van der Waals surface area contributed by atoms with Crippen LogP contribution in [0.1, 0.15) is 23.0 Å². The number of carbonyl (C=O) groups excluding carboxylic acids is 3. The minimum Gasteiger partial charge on any atom is -0.458 e. The number of rotatable bonds is 7. The van der Waals surface area contributed by atoms with Crippen molar-refractivity contribution in [2.75, 3.05) is 11.4 Å². The molecule has 0 saturated heterocycles. The summed E-state index contributed by atoms with van der Waals surface area (Å²) >= 11 is 1.08. The molecule has 0 aliphatic heterocycles. The van der Waals surface area contributed by atoms with Crippen molar-refractivity contribution in [3.63, 3.8) is 0 Å². The van der Waals surface area contributed by atoms with Crippen molar-refractivity contribution in [2.24, 2.45) is 0 Å². The summed E-state index contributed by atoms with van der Waals surface area (Å²) in [6, 6.07) is 11.2. The molecule has 0 radical (unpaired) electrons. The molecule has 31 heavy (non-hydrogen) atoms. The number of nitrogens with zero attached hydrogens (tertiary/aromatic N) is 2. The molecule has 3 rings (SSSR count). The first-order chi connectivity index (χ1) is 14.9. The minimum absolute atomic E-state index is 0.0590. The standard InChI is InChI=1S/C21H17F2N3O4S/c1-13(27)26(18-9-5-4-8-17(18)23)21-25-14(12-31-21)11-30-19(28)10-24-20(29)15-6-2-3-7-16(15)22/h2-9,12H,10-11H2,1H3,(H,24,29). The normalized spacial score (nSPS) is 10.4. The summed E-state index contributed by atoms with van der Waals surface area (Å²) in [5.74, 6) is -3.21. The van der Waals surface area contributed by atoms with Crippen molar-refractivity contribution < 1.29 is 27.9 Å². The second-order valence-corrected chi connectivity index (χ2v) is 7.09. The number of amides is 2. The Morgan fingerprint density at radius 3 is 2.42 bits per heavy atom. The second-order valence-electron chi connectivity index (χ2n) is 6.25. The number of hydrogen-bond donors (Lipinski definition) is 1. The predicted octanol–water partition coefficient (Wildman–Crippen LogP) is 3.58. The quantitative estimate of drug-likeness (QED) is 0.562. The zero-order valence-corrected chi connectivity index (χ0v) is 17.1. The molecule has 0 atom stereocenters. The van der Waals surface area contributed by atoms with Gasteiger partial charge in [0.05, 0.1) is 16.9 Å². The zero-order valence-electron chi connectivity index (χ0n) is 16.3. The molecule has 3 aromatic rings. The van der Waals surface area contributed by atoms with Crippen molar-refractivity contribution in [1.82, 2.24) is 10.3 Å². The predicted molar refractivity (Wildman–Crippen MR) is 110 cm³/mol. The highest BCUT2D eigenvalue weighted by atomic mass is 32.1. The van der Waals surface area contributed by atoms with Gasteiger partial charge >= 0.3 is 5.97 Å². The number of nitrogens with one attached hydrogen (secondary N) is 1. The number of aromatic nitrogens is 1. The smallest absolute Gasteiger partial charge is 0.325 e. The third-order valence-corrected chi connectivity index (χ3v) is 4.91. The van der Waals surface area contributed by atoms with Crippen LogP contribution < -0.4 is 10.2 Å². The number of carbonyl (C=O) groups is 3. The number of anilines is 2. The van der Waals surface area contributed by atoms with Gasteiger partial charge in [0.15, 0.2) is 5.13 Å². The van der Waals surface area contributed by atoms with Crippen LogP contribution in [0, 0.1) is 11.6 Å². The summed E-state index contributed by atoms with van der Waals surface area (Å²) in [4.78, 5) is 41.2. The molecule has 2 amide bonds. The van der Waals surface area contributed by atoms with Gasteiger partial charge < -0.3 is 10.1 Å². The van der Waals surface area contributed by atoms with Crippen molar-refractivity contribution in [1.29, 1.82) is 0 Å². The molecule has 0 fully saturated rings. The van der Waals surface area contributed by atoms with E-state index in [0.717, 1.165) is 22.3 Å². The lowest BCUT2D eigenvalue weighted by atomic mass is 10.2. The first-order valence-electron chi connectivity index (χ1n) is 9.05. The van der Waals surface area contributed by atoms with Gasteiger partial charge in [-0.05, 0) is 24.3 Å². The van der Waals surface area contributed by atoms with E-state index in [2.05, 4.69) is 10.3 Å². The summed E-state index contributed by atoms with van der Waals surface area (Å²) in [6.07, 6.45) is 0. The fraction of sp³-hybridized carbons (Fsp3) is 0.143. The van der Waals surface area contributed by atoms with Crippen LogP contribution in [0.25, 0.3) is 0 Å². The molecule has 0 saturated carbocycles. The van der Waals surface area contributed by atoms with Crippen molar-refractivity contribution in [2.45, 2.75) is 13.5 Å². The molecule has 7 nitrogen and oxygen atoms in total. The van der Waals surface area contributed by atoms with Gasteiger partial charge in [-0.15, -0.1) is 11.3 Å². The van der Waals surface area contributed by atoms with E-state index in [9.17, 15) is 23.2 Å². The third kappa shape index (κ3) is 5.48. The highest BCUT2D eigenvalue weighted by Gasteiger charge is 2.21. The van der Waals surface area contributed by atoms with E-state index >= 15 is 0 Å². The molecular formula is C21H17F2N3O4S. The average Bonchev–Trinajstić information content (AvgIpc) is 3.20. The van der Waals surface area contributed by atoms with Gasteiger partial charge in [-0.1, -0.05) is 24.3 Å². The lowest BCUT2D eigenvalue weighted by molar-refractivity contribution is -0.143. The zero-order chi connectivity index (χ0) is 22.4. The molecule has 160 valence electrons. The lowest BCUT2D eigenvalue weighted by Crippen LogP contribution is -2.31. The van der Waals surface area contributed by atoms with Crippen LogP contribution in [0.4, 0.5) is 19.6 Å². The van der Waals surface area contributed by atoms with E-state index in [-0.39, 0.29) is 23.0 Å². The maximum absolute atomic E-state index is 14.1. The van der Waals surface area contributed by atoms with Gasteiger partial charge in [0.1, 0.15) is 24.8 Å². The Hall–Kier alpha value is -3.66. The van der Waals surface area contributed by atoms with E-state index in [1.807, 2.05) is 0 Å².